The van der Waals surface area contributed by atoms with Gasteiger partial charge in [-0.3, -0.25) is 9.52 Å². The number of nitrogens with one attached hydrogen (secondary N) is 2. The molecule has 0 saturated carbocycles. The van der Waals surface area contributed by atoms with E-state index in [1.54, 1.807) is 6.07 Å². The van der Waals surface area contributed by atoms with Crippen LogP contribution >= 0.6 is 0 Å². The molecular formula is C20H20N2O8S. The van der Waals surface area contributed by atoms with E-state index < -0.39 is 16.0 Å². The van der Waals surface area contributed by atoms with Gasteiger partial charge in [-0.15, -0.1) is 0 Å². The van der Waals surface area contributed by atoms with E-state index in [4.69, 9.17) is 14.2 Å². The summed E-state index contributed by atoms with van der Waals surface area (Å²) in [5, 5.41) is 2.61. The average Bonchev–Trinajstić information content (AvgIpc) is 2.75. The Hall–Kier alpha value is -3.73. The molecule has 164 valence electrons. The molecule has 1 aliphatic rings. The van der Waals surface area contributed by atoms with Crippen LogP contribution in [0.1, 0.15) is 5.56 Å². The van der Waals surface area contributed by atoms with Crippen LogP contribution in [0.2, 0.25) is 0 Å². The highest BCUT2D eigenvalue weighted by Gasteiger charge is 2.25. The molecule has 3 rings (SSSR count). The van der Waals surface area contributed by atoms with Gasteiger partial charge in [0.2, 0.25) is 0 Å². The number of sulfonamides is 1. The monoisotopic (exact) mass is 448 g/mol. The van der Waals surface area contributed by atoms with E-state index in [1.165, 1.54) is 51.7 Å². The number of esters is 1. The van der Waals surface area contributed by atoms with Crippen molar-refractivity contribution in [1.82, 2.24) is 0 Å². The number of ether oxygens (including phenoxy) is 4. The van der Waals surface area contributed by atoms with E-state index in [0.717, 1.165) is 6.08 Å². The van der Waals surface area contributed by atoms with Gasteiger partial charge in [0.05, 0.1) is 32.7 Å². The Kier molecular flexibility index (Phi) is 6.35. The maximum atomic E-state index is 13.1. The van der Waals surface area contributed by atoms with Crippen LogP contribution in [0.15, 0.2) is 41.3 Å². The fraction of sp³-hybridized carbons (Fsp3) is 0.200. The highest BCUT2D eigenvalue weighted by Crippen LogP contribution is 2.38. The number of anilines is 2. The highest BCUT2D eigenvalue weighted by atomic mass is 32.2. The number of carbonyl (C=O) groups excluding carboxylic acids is 2. The summed E-state index contributed by atoms with van der Waals surface area (Å²) in [6.45, 7) is -0.110. The number of benzene rings is 2. The van der Waals surface area contributed by atoms with Crippen molar-refractivity contribution in [2.45, 2.75) is 4.90 Å². The quantitative estimate of drug-likeness (QED) is 0.486. The molecule has 2 N–H and O–H groups in total. The standard InChI is InChI=1S/C20H20N2O8S/c1-27-16-8-12(4-7-19(24)28-2)9-17(20(16)29-3)31(25,26)22-13-5-6-15-14(10-13)21-18(23)11-30-15/h4-10,22H,11H2,1-3H3,(H,21,23)/b7-4+. The van der Waals surface area contributed by atoms with Gasteiger partial charge in [0, 0.05) is 6.08 Å². The number of methoxy groups -OCH3 is 3. The van der Waals surface area contributed by atoms with Crippen molar-refractivity contribution in [2.24, 2.45) is 0 Å². The second-order valence-electron chi connectivity index (χ2n) is 6.26. The van der Waals surface area contributed by atoms with E-state index in [-0.39, 0.29) is 34.6 Å². The molecule has 10 nitrogen and oxygen atoms in total. The largest absolute Gasteiger partial charge is 0.493 e. The first-order chi connectivity index (χ1) is 14.8. The Morgan fingerprint density at radius 1 is 1.16 bits per heavy atom. The van der Waals surface area contributed by atoms with Crippen molar-refractivity contribution in [1.29, 1.82) is 0 Å². The predicted octanol–water partition coefficient (Wildman–Crippen LogP) is 2.02. The van der Waals surface area contributed by atoms with Crippen molar-refractivity contribution >= 4 is 39.4 Å². The van der Waals surface area contributed by atoms with Crippen LogP contribution < -0.4 is 24.2 Å². The van der Waals surface area contributed by atoms with Crippen LogP contribution in [0.5, 0.6) is 17.2 Å². The number of rotatable bonds is 7. The summed E-state index contributed by atoms with van der Waals surface area (Å²) in [4.78, 5) is 22.7. The van der Waals surface area contributed by atoms with E-state index in [0.29, 0.717) is 17.0 Å². The molecule has 2 aromatic carbocycles. The van der Waals surface area contributed by atoms with Crippen molar-refractivity contribution in [3.05, 3.63) is 42.0 Å². The molecule has 1 heterocycles. The van der Waals surface area contributed by atoms with Crippen LogP contribution in [0.25, 0.3) is 6.08 Å². The molecule has 0 aliphatic carbocycles. The van der Waals surface area contributed by atoms with E-state index in [9.17, 15) is 18.0 Å². The fourth-order valence-corrected chi connectivity index (χ4v) is 4.10. The summed E-state index contributed by atoms with van der Waals surface area (Å²) in [5.41, 5.74) is 0.909. The molecule has 2 aromatic rings. The van der Waals surface area contributed by atoms with Gasteiger partial charge in [-0.1, -0.05) is 0 Å². The lowest BCUT2D eigenvalue weighted by atomic mass is 10.2. The molecule has 1 amide bonds. The molecule has 0 spiro atoms. The number of hydrogen-bond donors (Lipinski definition) is 2. The molecule has 0 aromatic heterocycles. The first-order valence-electron chi connectivity index (χ1n) is 8.89. The van der Waals surface area contributed by atoms with Gasteiger partial charge in [-0.25, -0.2) is 13.2 Å². The molecule has 0 radical (unpaired) electrons. The summed E-state index contributed by atoms with van der Waals surface area (Å²) in [5.74, 6) is -0.378. The molecule has 0 saturated heterocycles. The molecule has 0 unspecified atom stereocenters. The van der Waals surface area contributed by atoms with Crippen molar-refractivity contribution in [3.8, 4) is 17.2 Å². The van der Waals surface area contributed by atoms with E-state index in [2.05, 4.69) is 14.8 Å². The molecule has 0 atom stereocenters. The summed E-state index contributed by atoms with van der Waals surface area (Å²) in [6, 6.07) is 7.32. The molecular weight excluding hydrogens is 428 g/mol. The smallest absolute Gasteiger partial charge is 0.330 e. The zero-order valence-corrected chi connectivity index (χ0v) is 17.7. The summed E-state index contributed by atoms with van der Waals surface area (Å²) in [6.07, 6.45) is 2.54. The minimum absolute atomic E-state index is 0.0141. The number of hydrogen-bond acceptors (Lipinski definition) is 8. The van der Waals surface area contributed by atoms with Crippen LogP contribution in [-0.2, 0) is 24.3 Å². The van der Waals surface area contributed by atoms with E-state index in [1.807, 2.05) is 0 Å². The van der Waals surface area contributed by atoms with E-state index >= 15 is 0 Å². The lowest BCUT2D eigenvalue weighted by Gasteiger charge is -2.19. The van der Waals surface area contributed by atoms with Gasteiger partial charge in [0.15, 0.2) is 18.1 Å². The second-order valence-corrected chi connectivity index (χ2v) is 7.92. The maximum absolute atomic E-state index is 13.1. The van der Waals surface area contributed by atoms with Gasteiger partial charge < -0.3 is 24.3 Å². The van der Waals surface area contributed by atoms with Gasteiger partial charge in [0.1, 0.15) is 10.6 Å². The fourth-order valence-electron chi connectivity index (χ4n) is 2.83. The van der Waals surface area contributed by atoms with Crippen molar-refractivity contribution in [3.63, 3.8) is 0 Å². The average molecular weight is 448 g/mol. The van der Waals surface area contributed by atoms with Gasteiger partial charge in [-0.05, 0) is 42.0 Å². The Labute approximate surface area is 178 Å². The second kappa shape index (κ2) is 8.96. The number of fused-ring (bicyclic) bond motifs is 1. The molecule has 11 heteroatoms. The Bertz CT molecular complexity index is 1160. The lowest BCUT2D eigenvalue weighted by molar-refractivity contribution is -0.134. The Morgan fingerprint density at radius 3 is 2.61 bits per heavy atom. The van der Waals surface area contributed by atoms with Crippen molar-refractivity contribution < 1.29 is 37.0 Å². The zero-order chi connectivity index (χ0) is 22.6. The first-order valence-corrected chi connectivity index (χ1v) is 10.4. The van der Waals surface area contributed by atoms with Crippen LogP contribution in [0.3, 0.4) is 0 Å². The van der Waals surface area contributed by atoms with Gasteiger partial charge in [-0.2, -0.15) is 0 Å². The van der Waals surface area contributed by atoms with Crippen LogP contribution in [0.4, 0.5) is 11.4 Å². The predicted molar refractivity (Wildman–Crippen MR) is 112 cm³/mol. The molecule has 0 fully saturated rings. The Balaban J connectivity index is 2.01. The normalized spacial score (nSPS) is 13.1. The first kappa shape index (κ1) is 22.0. The third-order valence-electron chi connectivity index (χ3n) is 4.23. The SMILES string of the molecule is COC(=O)/C=C/c1cc(OC)c(OC)c(S(=O)(=O)Nc2ccc3c(c2)NC(=O)CO3)c1. The molecule has 31 heavy (non-hydrogen) atoms. The molecule has 0 bridgehead atoms. The highest BCUT2D eigenvalue weighted by molar-refractivity contribution is 7.92. The number of amides is 1. The summed E-state index contributed by atoms with van der Waals surface area (Å²) >= 11 is 0. The molecule has 1 aliphatic heterocycles. The van der Waals surface area contributed by atoms with Gasteiger partial charge >= 0.3 is 5.97 Å². The third kappa shape index (κ3) is 4.89. The zero-order valence-electron chi connectivity index (χ0n) is 16.9. The van der Waals surface area contributed by atoms with Crippen LogP contribution in [0, 0.1) is 0 Å². The van der Waals surface area contributed by atoms with Gasteiger partial charge in [0.25, 0.3) is 15.9 Å². The third-order valence-corrected chi connectivity index (χ3v) is 5.62. The Morgan fingerprint density at radius 2 is 1.94 bits per heavy atom. The minimum atomic E-state index is -4.15. The summed E-state index contributed by atoms with van der Waals surface area (Å²) < 4.78 is 49.1. The minimum Gasteiger partial charge on any atom is -0.493 e. The summed E-state index contributed by atoms with van der Waals surface area (Å²) in [7, 11) is -0.250. The van der Waals surface area contributed by atoms with Crippen LogP contribution in [-0.4, -0.2) is 48.2 Å². The maximum Gasteiger partial charge on any atom is 0.330 e. The van der Waals surface area contributed by atoms with Crippen molar-refractivity contribution in [2.75, 3.05) is 38.0 Å². The lowest BCUT2D eigenvalue weighted by Crippen LogP contribution is -2.25. The number of carbonyl (C=O) groups is 2. The topological polar surface area (TPSA) is 129 Å².